The van der Waals surface area contributed by atoms with Crippen LogP contribution >= 0.6 is 0 Å². The fraction of sp³-hybridized carbons (Fsp3) is 0.375. The molecule has 6 N–H and O–H groups in total. The molecule has 2 heterocycles. The summed E-state index contributed by atoms with van der Waals surface area (Å²) in [6.45, 7) is 2.44. The Morgan fingerprint density at radius 3 is 2.80 bits per heavy atom. The molecule has 0 amide bonds. The molecule has 2 aromatic heterocycles. The summed E-state index contributed by atoms with van der Waals surface area (Å²) in [6.07, 6.45) is 1.39. The second-order valence-electron chi connectivity index (χ2n) is 3.49. The van der Waals surface area contributed by atoms with Gasteiger partial charge in [0.05, 0.1) is 0 Å². The van der Waals surface area contributed by atoms with Crippen LogP contribution in [0.15, 0.2) is 6.33 Å². The lowest BCUT2D eigenvalue weighted by atomic mass is 10.3. The molecular weight excluding hydrogens is 194 g/mol. The van der Waals surface area contributed by atoms with Crippen molar-refractivity contribution >= 4 is 22.9 Å². The van der Waals surface area contributed by atoms with Crippen molar-refractivity contribution in [2.75, 3.05) is 11.5 Å². The van der Waals surface area contributed by atoms with Crippen LogP contribution in [-0.2, 0) is 6.54 Å². The van der Waals surface area contributed by atoms with Crippen molar-refractivity contribution in [3.63, 3.8) is 0 Å². The second-order valence-corrected chi connectivity index (χ2v) is 3.49. The van der Waals surface area contributed by atoms with Crippen LogP contribution < -0.4 is 17.2 Å². The highest BCUT2D eigenvalue weighted by Crippen LogP contribution is 2.18. The molecule has 0 radical (unpaired) electrons. The first-order valence-corrected chi connectivity index (χ1v) is 4.57. The summed E-state index contributed by atoms with van der Waals surface area (Å²) >= 11 is 0. The predicted molar refractivity (Wildman–Crippen MR) is 57.8 cm³/mol. The average Bonchev–Trinajstić information content (AvgIpc) is 2.45. The van der Waals surface area contributed by atoms with E-state index in [-0.39, 0.29) is 6.04 Å². The maximum atomic E-state index is 5.74. The van der Waals surface area contributed by atoms with Gasteiger partial charge >= 0.3 is 0 Å². The van der Waals surface area contributed by atoms with Gasteiger partial charge in [-0.25, -0.2) is 15.0 Å². The van der Waals surface area contributed by atoms with Crippen LogP contribution in [0, 0.1) is 0 Å². The van der Waals surface area contributed by atoms with E-state index in [1.807, 2.05) is 6.92 Å². The Bertz CT molecular complexity index is 487. The SMILES string of the molecule is CC(N)Cn1c(N)nc2c(N)ncnc21. The number of anilines is 2. The summed E-state index contributed by atoms with van der Waals surface area (Å²) in [4.78, 5) is 12.0. The summed E-state index contributed by atoms with van der Waals surface area (Å²) in [5.74, 6) is 0.685. The van der Waals surface area contributed by atoms with E-state index in [1.54, 1.807) is 4.57 Å². The molecule has 1 unspecified atom stereocenters. The van der Waals surface area contributed by atoms with Crippen LogP contribution in [-0.4, -0.2) is 25.6 Å². The zero-order valence-corrected chi connectivity index (χ0v) is 8.38. The van der Waals surface area contributed by atoms with Gasteiger partial charge in [-0.15, -0.1) is 0 Å². The third-order valence-electron chi connectivity index (χ3n) is 2.06. The lowest BCUT2D eigenvalue weighted by Crippen LogP contribution is -2.23. The molecule has 0 aliphatic heterocycles. The Labute approximate surface area is 86.3 Å². The smallest absolute Gasteiger partial charge is 0.202 e. The fourth-order valence-electron chi connectivity index (χ4n) is 1.44. The van der Waals surface area contributed by atoms with Crippen LogP contribution in [0.4, 0.5) is 11.8 Å². The van der Waals surface area contributed by atoms with E-state index in [2.05, 4.69) is 15.0 Å². The van der Waals surface area contributed by atoms with Crippen molar-refractivity contribution < 1.29 is 0 Å². The molecule has 15 heavy (non-hydrogen) atoms. The zero-order chi connectivity index (χ0) is 11.0. The number of imidazole rings is 1. The Morgan fingerprint density at radius 1 is 1.40 bits per heavy atom. The van der Waals surface area contributed by atoms with Crippen LogP contribution in [0.3, 0.4) is 0 Å². The first-order chi connectivity index (χ1) is 7.09. The zero-order valence-electron chi connectivity index (χ0n) is 8.38. The van der Waals surface area contributed by atoms with Crippen molar-refractivity contribution in [1.82, 2.24) is 19.5 Å². The summed E-state index contributed by atoms with van der Waals surface area (Å²) in [5, 5.41) is 0. The maximum absolute atomic E-state index is 5.74. The van der Waals surface area contributed by atoms with Crippen LogP contribution in [0.1, 0.15) is 6.92 Å². The molecule has 1 atom stereocenters. The van der Waals surface area contributed by atoms with E-state index in [9.17, 15) is 0 Å². The van der Waals surface area contributed by atoms with Gasteiger partial charge in [0, 0.05) is 12.6 Å². The molecule has 0 spiro atoms. The maximum Gasteiger partial charge on any atom is 0.202 e. The number of hydrogen-bond donors (Lipinski definition) is 3. The number of nitrogens with two attached hydrogens (primary N) is 3. The van der Waals surface area contributed by atoms with Gasteiger partial charge in [0.25, 0.3) is 0 Å². The van der Waals surface area contributed by atoms with Gasteiger partial charge in [-0.2, -0.15) is 0 Å². The quantitative estimate of drug-likeness (QED) is 0.600. The normalized spacial score (nSPS) is 13.2. The van der Waals surface area contributed by atoms with E-state index in [0.29, 0.717) is 29.5 Å². The molecule has 0 bridgehead atoms. The molecule has 7 nitrogen and oxygen atoms in total. The summed E-state index contributed by atoms with van der Waals surface area (Å²) in [7, 11) is 0. The van der Waals surface area contributed by atoms with Crippen LogP contribution in [0.5, 0.6) is 0 Å². The summed E-state index contributed by atoms with van der Waals surface area (Å²) in [6, 6.07) is -0.0270. The molecule has 80 valence electrons. The summed E-state index contributed by atoms with van der Waals surface area (Å²) in [5.41, 5.74) is 18.2. The molecule has 0 saturated carbocycles. The van der Waals surface area contributed by atoms with E-state index in [0.717, 1.165) is 0 Å². The Morgan fingerprint density at radius 2 is 2.13 bits per heavy atom. The third kappa shape index (κ3) is 1.57. The monoisotopic (exact) mass is 207 g/mol. The Kier molecular flexibility index (Phi) is 2.16. The summed E-state index contributed by atoms with van der Waals surface area (Å²) < 4.78 is 1.73. The molecule has 0 aromatic carbocycles. The highest BCUT2D eigenvalue weighted by Gasteiger charge is 2.12. The van der Waals surface area contributed by atoms with Crippen molar-refractivity contribution in [1.29, 1.82) is 0 Å². The number of fused-ring (bicyclic) bond motifs is 1. The Balaban J connectivity index is 2.63. The predicted octanol–water partition coefficient (Wildman–Crippen LogP) is -0.662. The van der Waals surface area contributed by atoms with E-state index in [1.165, 1.54) is 6.33 Å². The molecule has 2 rings (SSSR count). The second kappa shape index (κ2) is 3.35. The highest BCUT2D eigenvalue weighted by molar-refractivity contribution is 5.83. The molecule has 0 fully saturated rings. The number of aromatic nitrogens is 4. The number of nitrogen functional groups attached to an aromatic ring is 2. The third-order valence-corrected chi connectivity index (χ3v) is 2.06. The van der Waals surface area contributed by atoms with E-state index in [4.69, 9.17) is 17.2 Å². The lowest BCUT2D eigenvalue weighted by Gasteiger charge is -2.08. The minimum atomic E-state index is -0.0270. The van der Waals surface area contributed by atoms with Gasteiger partial charge in [-0.3, -0.25) is 4.57 Å². The largest absolute Gasteiger partial charge is 0.382 e. The number of rotatable bonds is 2. The van der Waals surface area contributed by atoms with Crippen molar-refractivity contribution in [3.05, 3.63) is 6.33 Å². The molecule has 7 heteroatoms. The standard InChI is InChI=1S/C8H13N7/c1-4(9)2-15-7-5(14-8(15)11)6(10)12-3-13-7/h3-4H,2,9H2,1H3,(H2,11,14)(H2,10,12,13). The van der Waals surface area contributed by atoms with Crippen molar-refractivity contribution in [3.8, 4) is 0 Å². The van der Waals surface area contributed by atoms with Crippen LogP contribution in [0.2, 0.25) is 0 Å². The molecule has 0 aliphatic carbocycles. The van der Waals surface area contributed by atoms with Crippen molar-refractivity contribution in [2.24, 2.45) is 5.73 Å². The van der Waals surface area contributed by atoms with Gasteiger partial charge in [-0.1, -0.05) is 0 Å². The number of nitrogens with zero attached hydrogens (tertiary/aromatic N) is 4. The first-order valence-electron chi connectivity index (χ1n) is 4.57. The molecule has 2 aromatic rings. The van der Waals surface area contributed by atoms with Gasteiger partial charge in [0.15, 0.2) is 17.0 Å². The minimum absolute atomic E-state index is 0.0270. The Hall–Kier alpha value is -1.89. The average molecular weight is 207 g/mol. The molecule has 0 saturated heterocycles. The van der Waals surface area contributed by atoms with E-state index < -0.39 is 0 Å². The highest BCUT2D eigenvalue weighted by atomic mass is 15.2. The van der Waals surface area contributed by atoms with Crippen molar-refractivity contribution in [2.45, 2.75) is 19.5 Å². The van der Waals surface area contributed by atoms with Gasteiger partial charge in [-0.05, 0) is 6.92 Å². The molecule has 0 aliphatic rings. The minimum Gasteiger partial charge on any atom is -0.382 e. The van der Waals surface area contributed by atoms with Gasteiger partial charge in [0.1, 0.15) is 6.33 Å². The van der Waals surface area contributed by atoms with Gasteiger partial charge < -0.3 is 17.2 Å². The topological polar surface area (TPSA) is 122 Å². The first kappa shape index (κ1) is 9.66. The lowest BCUT2D eigenvalue weighted by molar-refractivity contribution is 0.605. The van der Waals surface area contributed by atoms with Gasteiger partial charge in [0.2, 0.25) is 5.95 Å². The van der Waals surface area contributed by atoms with Crippen LogP contribution in [0.25, 0.3) is 11.2 Å². The van der Waals surface area contributed by atoms with E-state index >= 15 is 0 Å². The molecular formula is C8H13N7. The number of hydrogen-bond acceptors (Lipinski definition) is 6. The fourth-order valence-corrected chi connectivity index (χ4v) is 1.44.